The highest BCUT2D eigenvalue weighted by Gasteiger charge is 2.09. The second-order valence-corrected chi connectivity index (χ2v) is 4.45. The zero-order valence-corrected chi connectivity index (χ0v) is 10.4. The molecule has 1 rings (SSSR count). The van der Waals surface area contributed by atoms with Gasteiger partial charge in [-0.1, -0.05) is 40.9 Å². The molecule has 0 saturated carbocycles. The van der Waals surface area contributed by atoms with E-state index in [4.69, 9.17) is 11.6 Å². The van der Waals surface area contributed by atoms with E-state index in [1.807, 2.05) is 0 Å². The van der Waals surface area contributed by atoms with Crippen LogP contribution < -0.4 is 0 Å². The molecule has 1 unspecified atom stereocenters. The van der Waals surface area contributed by atoms with Gasteiger partial charge < -0.3 is 0 Å². The van der Waals surface area contributed by atoms with E-state index in [9.17, 15) is 4.39 Å². The zero-order valence-electron chi connectivity index (χ0n) is 8.06. The Labute approximate surface area is 97.6 Å². The van der Waals surface area contributed by atoms with Crippen molar-refractivity contribution in [1.29, 1.82) is 0 Å². The summed E-state index contributed by atoms with van der Waals surface area (Å²) in [5, 5.41) is 1.50. The van der Waals surface area contributed by atoms with Crippen LogP contribution >= 0.6 is 27.5 Å². The van der Waals surface area contributed by atoms with Gasteiger partial charge in [0.15, 0.2) is 0 Å². The Morgan fingerprint density at radius 3 is 2.79 bits per heavy atom. The highest BCUT2D eigenvalue weighted by molar-refractivity contribution is 9.09. The molecule has 0 bridgehead atoms. The third-order valence-corrected chi connectivity index (χ3v) is 3.46. The van der Waals surface area contributed by atoms with Crippen molar-refractivity contribution < 1.29 is 4.39 Å². The van der Waals surface area contributed by atoms with Crippen LogP contribution in [-0.2, 0) is 6.42 Å². The van der Waals surface area contributed by atoms with E-state index in [0.717, 1.165) is 18.2 Å². The maximum absolute atomic E-state index is 13.3. The summed E-state index contributed by atoms with van der Waals surface area (Å²) in [6, 6.07) is 4.72. The van der Waals surface area contributed by atoms with Crippen molar-refractivity contribution in [2.45, 2.75) is 19.8 Å². The van der Waals surface area contributed by atoms with Crippen LogP contribution in [0.15, 0.2) is 18.2 Å². The zero-order chi connectivity index (χ0) is 10.6. The van der Waals surface area contributed by atoms with Crippen molar-refractivity contribution in [2.75, 3.05) is 5.33 Å². The Hall–Kier alpha value is -0.0800. The van der Waals surface area contributed by atoms with E-state index in [1.165, 1.54) is 6.07 Å². The van der Waals surface area contributed by atoms with Crippen LogP contribution in [0.3, 0.4) is 0 Å². The monoisotopic (exact) mass is 278 g/mol. The van der Waals surface area contributed by atoms with Crippen molar-refractivity contribution in [2.24, 2.45) is 5.92 Å². The second-order valence-electron chi connectivity index (χ2n) is 3.37. The lowest BCUT2D eigenvalue weighted by atomic mass is 9.98. The first kappa shape index (κ1) is 12.0. The standard InChI is InChI=1S/C11H13BrClF/c1-2-8(7-12)5-9-6-10(13)3-4-11(9)14/h3-4,6,8H,2,5,7H2,1H3. The Morgan fingerprint density at radius 1 is 1.50 bits per heavy atom. The molecule has 0 fully saturated rings. The van der Waals surface area contributed by atoms with Gasteiger partial charge in [-0.05, 0) is 36.1 Å². The SMILES string of the molecule is CCC(CBr)Cc1cc(Cl)ccc1F. The molecule has 0 saturated heterocycles. The van der Waals surface area contributed by atoms with Crippen molar-refractivity contribution in [3.63, 3.8) is 0 Å². The molecule has 0 N–H and O–H groups in total. The van der Waals surface area contributed by atoms with Crippen LogP contribution in [0.25, 0.3) is 0 Å². The van der Waals surface area contributed by atoms with E-state index in [0.29, 0.717) is 16.5 Å². The number of alkyl halides is 1. The van der Waals surface area contributed by atoms with Gasteiger partial charge in [-0.2, -0.15) is 0 Å². The molecule has 1 aromatic rings. The van der Waals surface area contributed by atoms with Crippen molar-refractivity contribution in [3.05, 3.63) is 34.6 Å². The largest absolute Gasteiger partial charge is 0.207 e. The molecule has 0 aromatic heterocycles. The third-order valence-electron chi connectivity index (χ3n) is 2.31. The molecule has 0 aliphatic heterocycles. The lowest BCUT2D eigenvalue weighted by Crippen LogP contribution is -2.06. The predicted molar refractivity (Wildman–Crippen MR) is 62.7 cm³/mol. The highest BCUT2D eigenvalue weighted by Crippen LogP contribution is 2.20. The first-order valence-corrected chi connectivity index (χ1v) is 6.17. The molecule has 1 aromatic carbocycles. The molecule has 0 amide bonds. The van der Waals surface area contributed by atoms with E-state index in [2.05, 4.69) is 22.9 Å². The Kier molecular flexibility index (Phi) is 4.90. The maximum atomic E-state index is 13.3. The molecule has 78 valence electrons. The fraction of sp³-hybridized carbons (Fsp3) is 0.455. The Bertz CT molecular complexity index is 297. The summed E-state index contributed by atoms with van der Waals surface area (Å²) in [7, 11) is 0. The first-order valence-electron chi connectivity index (χ1n) is 4.67. The molecule has 0 nitrogen and oxygen atoms in total. The van der Waals surface area contributed by atoms with Crippen LogP contribution in [0, 0.1) is 11.7 Å². The molecule has 14 heavy (non-hydrogen) atoms. The smallest absolute Gasteiger partial charge is 0.126 e. The lowest BCUT2D eigenvalue weighted by Gasteiger charge is -2.11. The summed E-state index contributed by atoms with van der Waals surface area (Å²) < 4.78 is 13.3. The predicted octanol–water partition coefficient (Wildman–Crippen LogP) is 4.44. The average molecular weight is 280 g/mol. The van der Waals surface area contributed by atoms with E-state index < -0.39 is 0 Å². The molecule has 0 aliphatic carbocycles. The topological polar surface area (TPSA) is 0 Å². The molecule has 0 heterocycles. The quantitative estimate of drug-likeness (QED) is 0.715. The van der Waals surface area contributed by atoms with Gasteiger partial charge in [0.05, 0.1) is 0 Å². The first-order chi connectivity index (χ1) is 6.67. The average Bonchev–Trinajstić information content (AvgIpc) is 2.19. The molecule has 0 spiro atoms. The fourth-order valence-corrected chi connectivity index (χ4v) is 2.20. The number of hydrogen-bond donors (Lipinski definition) is 0. The summed E-state index contributed by atoms with van der Waals surface area (Å²) >= 11 is 9.23. The molecule has 3 heteroatoms. The van der Waals surface area contributed by atoms with Crippen LogP contribution in [-0.4, -0.2) is 5.33 Å². The Balaban J connectivity index is 2.79. The summed E-state index contributed by atoms with van der Waals surface area (Å²) in [6.07, 6.45) is 1.78. The van der Waals surface area contributed by atoms with Crippen LogP contribution in [0.2, 0.25) is 5.02 Å². The van der Waals surface area contributed by atoms with Gasteiger partial charge >= 0.3 is 0 Å². The molecule has 0 radical (unpaired) electrons. The van der Waals surface area contributed by atoms with E-state index in [1.54, 1.807) is 12.1 Å². The van der Waals surface area contributed by atoms with Crippen LogP contribution in [0.1, 0.15) is 18.9 Å². The van der Waals surface area contributed by atoms with E-state index >= 15 is 0 Å². The molecular weight excluding hydrogens is 266 g/mol. The minimum Gasteiger partial charge on any atom is -0.207 e. The molecular formula is C11H13BrClF. The van der Waals surface area contributed by atoms with Gasteiger partial charge in [0.2, 0.25) is 0 Å². The van der Waals surface area contributed by atoms with Crippen molar-refractivity contribution in [1.82, 2.24) is 0 Å². The van der Waals surface area contributed by atoms with Crippen LogP contribution in [0.4, 0.5) is 4.39 Å². The van der Waals surface area contributed by atoms with E-state index in [-0.39, 0.29) is 5.82 Å². The number of hydrogen-bond acceptors (Lipinski definition) is 0. The lowest BCUT2D eigenvalue weighted by molar-refractivity contribution is 0.540. The summed E-state index contributed by atoms with van der Waals surface area (Å²) in [5.74, 6) is 0.316. The summed E-state index contributed by atoms with van der Waals surface area (Å²) in [4.78, 5) is 0. The number of halogens is 3. The van der Waals surface area contributed by atoms with Gasteiger partial charge in [0, 0.05) is 10.4 Å². The molecule has 1 atom stereocenters. The maximum Gasteiger partial charge on any atom is 0.126 e. The van der Waals surface area contributed by atoms with Gasteiger partial charge in [0.25, 0.3) is 0 Å². The summed E-state index contributed by atoms with van der Waals surface area (Å²) in [6.45, 7) is 2.11. The minimum absolute atomic E-state index is 0.159. The number of benzene rings is 1. The van der Waals surface area contributed by atoms with Gasteiger partial charge in [-0.3, -0.25) is 0 Å². The normalized spacial score (nSPS) is 12.9. The second kappa shape index (κ2) is 5.72. The van der Waals surface area contributed by atoms with Gasteiger partial charge in [-0.15, -0.1) is 0 Å². The number of rotatable bonds is 4. The fourth-order valence-electron chi connectivity index (χ4n) is 1.32. The van der Waals surface area contributed by atoms with Gasteiger partial charge in [0.1, 0.15) is 5.82 Å². The highest BCUT2D eigenvalue weighted by atomic mass is 79.9. The van der Waals surface area contributed by atoms with Crippen LogP contribution in [0.5, 0.6) is 0 Å². The molecule has 0 aliphatic rings. The van der Waals surface area contributed by atoms with Gasteiger partial charge in [-0.25, -0.2) is 4.39 Å². The third kappa shape index (κ3) is 3.25. The van der Waals surface area contributed by atoms with Crippen molar-refractivity contribution >= 4 is 27.5 Å². The van der Waals surface area contributed by atoms with Crippen molar-refractivity contribution in [3.8, 4) is 0 Å². The minimum atomic E-state index is -0.159. The Morgan fingerprint density at radius 2 is 2.21 bits per heavy atom. The summed E-state index contributed by atoms with van der Waals surface area (Å²) in [5.41, 5.74) is 0.712.